The van der Waals surface area contributed by atoms with Crippen LogP contribution in [0.5, 0.6) is 0 Å². The predicted octanol–water partition coefficient (Wildman–Crippen LogP) is 6.60. The van der Waals surface area contributed by atoms with E-state index in [2.05, 4.69) is 29.5 Å². The summed E-state index contributed by atoms with van der Waals surface area (Å²) >= 11 is 0. The SMILES string of the molecule is C=C/C=C(\C=C/C)C(N/C(C)=C/C(C)=C\F)C(=C)c1c[nH]c2ccccc12. The quantitative estimate of drug-likeness (QED) is 0.508. The van der Waals surface area contributed by atoms with Crippen LogP contribution in [-0.2, 0) is 0 Å². The van der Waals surface area contributed by atoms with Gasteiger partial charge in [0.25, 0.3) is 0 Å². The van der Waals surface area contributed by atoms with Crippen molar-refractivity contribution in [1.29, 1.82) is 0 Å². The molecule has 27 heavy (non-hydrogen) atoms. The van der Waals surface area contributed by atoms with Gasteiger partial charge in [-0.2, -0.15) is 0 Å². The van der Waals surface area contributed by atoms with Crippen LogP contribution in [0.1, 0.15) is 26.3 Å². The highest BCUT2D eigenvalue weighted by Gasteiger charge is 2.19. The molecule has 1 atom stereocenters. The van der Waals surface area contributed by atoms with Crippen molar-refractivity contribution in [1.82, 2.24) is 10.3 Å². The minimum atomic E-state index is -0.179. The molecular weight excluding hydrogens is 335 g/mol. The number of aromatic amines is 1. The number of benzene rings is 1. The summed E-state index contributed by atoms with van der Waals surface area (Å²) < 4.78 is 12.7. The van der Waals surface area contributed by atoms with Crippen molar-refractivity contribution in [2.24, 2.45) is 0 Å². The highest BCUT2D eigenvalue weighted by atomic mass is 19.1. The van der Waals surface area contributed by atoms with Gasteiger partial charge >= 0.3 is 0 Å². The van der Waals surface area contributed by atoms with Crippen molar-refractivity contribution < 1.29 is 4.39 Å². The first-order valence-corrected chi connectivity index (χ1v) is 8.94. The Hall–Kier alpha value is -3.07. The molecule has 2 N–H and O–H groups in total. The fourth-order valence-electron chi connectivity index (χ4n) is 3.08. The van der Waals surface area contributed by atoms with E-state index < -0.39 is 0 Å². The van der Waals surface area contributed by atoms with Crippen molar-refractivity contribution in [2.75, 3.05) is 0 Å². The molecule has 1 heterocycles. The van der Waals surface area contributed by atoms with E-state index >= 15 is 0 Å². The fourth-order valence-corrected chi connectivity index (χ4v) is 3.08. The molecule has 0 saturated carbocycles. The first-order chi connectivity index (χ1) is 13.0. The number of aromatic nitrogens is 1. The molecule has 0 saturated heterocycles. The smallest absolute Gasteiger partial charge is 0.0896 e. The lowest BCUT2D eigenvalue weighted by atomic mass is 9.92. The van der Waals surface area contributed by atoms with Gasteiger partial charge in [0.1, 0.15) is 0 Å². The van der Waals surface area contributed by atoms with Crippen LogP contribution < -0.4 is 5.32 Å². The number of rotatable bonds is 8. The number of allylic oxidation sites excluding steroid dienone is 6. The first kappa shape index (κ1) is 20.2. The van der Waals surface area contributed by atoms with Gasteiger partial charge in [0, 0.05) is 28.4 Å². The molecule has 0 aliphatic carbocycles. The number of hydrogen-bond donors (Lipinski definition) is 2. The second-order valence-electron chi connectivity index (χ2n) is 6.43. The molecule has 3 heteroatoms. The molecule has 2 aromatic rings. The Kier molecular flexibility index (Phi) is 7.18. The largest absolute Gasteiger partial charge is 0.378 e. The van der Waals surface area contributed by atoms with Gasteiger partial charge < -0.3 is 10.3 Å². The Morgan fingerprint density at radius 1 is 1.26 bits per heavy atom. The van der Waals surface area contributed by atoms with E-state index in [9.17, 15) is 4.39 Å². The van der Waals surface area contributed by atoms with Crippen LogP contribution in [-0.4, -0.2) is 11.0 Å². The lowest BCUT2D eigenvalue weighted by Gasteiger charge is -2.24. The Morgan fingerprint density at radius 3 is 2.67 bits per heavy atom. The van der Waals surface area contributed by atoms with Crippen LogP contribution in [0.25, 0.3) is 16.5 Å². The van der Waals surface area contributed by atoms with Crippen LogP contribution in [0.4, 0.5) is 4.39 Å². The van der Waals surface area contributed by atoms with Gasteiger partial charge in [-0.15, -0.1) is 0 Å². The maximum absolute atomic E-state index is 12.7. The molecule has 1 unspecified atom stereocenters. The monoisotopic (exact) mass is 362 g/mol. The summed E-state index contributed by atoms with van der Waals surface area (Å²) in [6.45, 7) is 13.8. The lowest BCUT2D eigenvalue weighted by Crippen LogP contribution is -2.30. The number of halogens is 1. The first-order valence-electron chi connectivity index (χ1n) is 8.94. The van der Waals surface area contributed by atoms with Gasteiger partial charge in [-0.3, -0.25) is 0 Å². The number of H-pyrrole nitrogens is 1. The molecule has 1 aromatic carbocycles. The van der Waals surface area contributed by atoms with Crippen LogP contribution in [0.2, 0.25) is 0 Å². The van der Waals surface area contributed by atoms with E-state index in [0.717, 1.165) is 33.3 Å². The molecule has 1 aromatic heterocycles. The molecule has 0 amide bonds. The van der Waals surface area contributed by atoms with Crippen LogP contribution in [0.15, 0.2) is 97.2 Å². The maximum Gasteiger partial charge on any atom is 0.0896 e. The van der Waals surface area contributed by atoms with E-state index in [1.165, 1.54) is 0 Å². The van der Waals surface area contributed by atoms with Crippen molar-refractivity contribution in [3.63, 3.8) is 0 Å². The minimum Gasteiger partial charge on any atom is -0.378 e. The normalized spacial score (nSPS) is 14.6. The summed E-state index contributed by atoms with van der Waals surface area (Å²) in [5, 5.41) is 4.60. The summed E-state index contributed by atoms with van der Waals surface area (Å²) in [7, 11) is 0. The molecule has 2 nitrogen and oxygen atoms in total. The van der Waals surface area contributed by atoms with E-state index in [1.807, 2.05) is 56.5 Å². The molecule has 0 spiro atoms. The van der Waals surface area contributed by atoms with Gasteiger partial charge in [0.2, 0.25) is 0 Å². The summed E-state index contributed by atoms with van der Waals surface area (Å²) in [4.78, 5) is 3.30. The zero-order chi connectivity index (χ0) is 19.8. The van der Waals surface area contributed by atoms with Gasteiger partial charge in [-0.05, 0) is 49.6 Å². The Bertz CT molecular complexity index is 938. The predicted molar refractivity (Wildman–Crippen MR) is 116 cm³/mol. The number of fused-ring (bicyclic) bond motifs is 1. The molecule has 0 aliphatic heterocycles. The minimum absolute atomic E-state index is 0.179. The molecular formula is C24H27FN2. The van der Waals surface area contributed by atoms with E-state index in [1.54, 1.807) is 19.1 Å². The summed E-state index contributed by atoms with van der Waals surface area (Å²) in [5.74, 6) is 0. The Labute approximate surface area is 161 Å². The van der Waals surface area contributed by atoms with Gasteiger partial charge in [0.05, 0.1) is 12.4 Å². The van der Waals surface area contributed by atoms with Gasteiger partial charge in [-0.1, -0.05) is 55.7 Å². The second-order valence-corrected chi connectivity index (χ2v) is 6.43. The Morgan fingerprint density at radius 2 is 2.00 bits per heavy atom. The van der Waals surface area contributed by atoms with Crippen molar-refractivity contribution in [3.05, 3.63) is 103 Å². The van der Waals surface area contributed by atoms with Crippen LogP contribution >= 0.6 is 0 Å². The Balaban J connectivity index is 2.50. The van der Waals surface area contributed by atoms with Gasteiger partial charge in [-0.25, -0.2) is 4.39 Å². The molecule has 0 bridgehead atoms. The second kappa shape index (κ2) is 9.58. The maximum atomic E-state index is 12.7. The molecule has 0 fully saturated rings. The summed E-state index contributed by atoms with van der Waals surface area (Å²) in [6.07, 6.45) is 12.1. The van der Waals surface area contributed by atoms with Crippen molar-refractivity contribution in [2.45, 2.75) is 26.8 Å². The zero-order valence-electron chi connectivity index (χ0n) is 16.2. The van der Waals surface area contributed by atoms with E-state index in [-0.39, 0.29) is 6.04 Å². The van der Waals surface area contributed by atoms with Crippen molar-refractivity contribution >= 4 is 16.5 Å². The average molecular weight is 362 g/mol. The number of nitrogens with one attached hydrogen (secondary N) is 2. The molecule has 0 aliphatic rings. The standard InChI is InChI=1S/C24H27FN2/c1-6-10-20(11-7-2)24(27-18(4)14-17(3)15-25)19(5)22-16-26-23-13-9-8-12-21(22)23/h6-16,24,26-27H,1,5H2,2-4H3/b11-7-,17-15-,18-14+,20-10+. The van der Waals surface area contributed by atoms with Crippen molar-refractivity contribution in [3.8, 4) is 0 Å². The van der Waals surface area contributed by atoms with Gasteiger partial charge in [0.15, 0.2) is 0 Å². The summed E-state index contributed by atoms with van der Waals surface area (Å²) in [5.41, 5.74) is 5.47. The zero-order valence-corrected chi connectivity index (χ0v) is 16.2. The molecule has 0 radical (unpaired) electrons. The highest BCUT2D eigenvalue weighted by Crippen LogP contribution is 2.29. The van der Waals surface area contributed by atoms with E-state index in [0.29, 0.717) is 11.9 Å². The van der Waals surface area contributed by atoms with E-state index in [4.69, 9.17) is 0 Å². The van der Waals surface area contributed by atoms with Crippen LogP contribution in [0.3, 0.4) is 0 Å². The molecule has 2 rings (SSSR count). The molecule has 140 valence electrons. The topological polar surface area (TPSA) is 27.8 Å². The lowest BCUT2D eigenvalue weighted by molar-refractivity contribution is 0.711. The average Bonchev–Trinajstić information content (AvgIpc) is 3.09. The number of hydrogen-bond acceptors (Lipinski definition) is 1. The highest BCUT2D eigenvalue weighted by molar-refractivity contribution is 5.94. The summed E-state index contributed by atoms with van der Waals surface area (Å²) in [6, 6.07) is 7.96. The third-order valence-corrected chi connectivity index (χ3v) is 4.27. The third kappa shape index (κ3) is 4.98. The third-order valence-electron chi connectivity index (χ3n) is 4.27. The number of para-hydroxylation sites is 1. The fraction of sp³-hybridized carbons (Fsp3) is 0.167. The van der Waals surface area contributed by atoms with Crippen LogP contribution in [0, 0.1) is 0 Å².